The first-order valence-electron chi connectivity index (χ1n) is 4.13. The number of aromatic amines is 1. The fourth-order valence-corrected chi connectivity index (χ4v) is 1.77. The summed E-state index contributed by atoms with van der Waals surface area (Å²) in [5.41, 5.74) is 0.798. The summed E-state index contributed by atoms with van der Waals surface area (Å²) in [6.45, 7) is 0.469. The molecule has 2 rings (SSSR count). The Balaban J connectivity index is 2.05. The van der Waals surface area contributed by atoms with E-state index in [2.05, 4.69) is 20.3 Å². The van der Waals surface area contributed by atoms with Gasteiger partial charge in [0.1, 0.15) is 0 Å². The number of hydrogen-bond acceptors (Lipinski definition) is 5. The zero-order valence-electron chi connectivity index (χ0n) is 7.53. The summed E-state index contributed by atoms with van der Waals surface area (Å²) in [6, 6.07) is 0. The van der Waals surface area contributed by atoms with Crippen molar-refractivity contribution in [2.75, 3.05) is 5.32 Å². The Kier molecular flexibility index (Phi) is 2.98. The Morgan fingerprint density at radius 3 is 2.93 bits per heavy atom. The minimum Gasteiger partial charge on any atom is -0.362 e. The van der Waals surface area contributed by atoms with Crippen LogP contribution in [-0.2, 0) is 6.54 Å². The lowest BCUT2D eigenvalue weighted by Crippen LogP contribution is -2.04. The van der Waals surface area contributed by atoms with Crippen molar-refractivity contribution >= 4 is 28.8 Å². The van der Waals surface area contributed by atoms with Gasteiger partial charge in [-0.05, 0) is 0 Å². The molecule has 2 heterocycles. The van der Waals surface area contributed by atoms with Gasteiger partial charge in [0.05, 0.1) is 6.54 Å². The van der Waals surface area contributed by atoms with Crippen LogP contribution in [0.15, 0.2) is 22.6 Å². The van der Waals surface area contributed by atoms with Crippen molar-refractivity contribution in [2.24, 2.45) is 0 Å². The molecule has 0 spiro atoms. The first-order chi connectivity index (χ1) is 7.25. The standard InChI is InChI=1S/C8H7ClN4OS/c9-6-7(11-2-1-10-6)12-3-5-4-15-8(14)13-5/h1-2,4H,3H2,(H,11,12)(H,13,14). The molecule has 2 aromatic rings. The predicted octanol–water partition coefficient (Wildman–Crippen LogP) is 1.49. The number of nitrogens with zero attached hydrogens (tertiary/aromatic N) is 2. The zero-order chi connectivity index (χ0) is 10.7. The maximum absolute atomic E-state index is 10.8. The van der Waals surface area contributed by atoms with Crippen LogP contribution in [0.3, 0.4) is 0 Å². The van der Waals surface area contributed by atoms with Gasteiger partial charge >= 0.3 is 4.87 Å². The third-order valence-electron chi connectivity index (χ3n) is 1.67. The van der Waals surface area contributed by atoms with Gasteiger partial charge in [-0.2, -0.15) is 0 Å². The van der Waals surface area contributed by atoms with Crippen LogP contribution in [0.4, 0.5) is 5.82 Å². The number of nitrogens with one attached hydrogen (secondary N) is 2. The van der Waals surface area contributed by atoms with Crippen molar-refractivity contribution in [3.63, 3.8) is 0 Å². The highest BCUT2D eigenvalue weighted by atomic mass is 35.5. The number of thiazole rings is 1. The Morgan fingerprint density at radius 2 is 2.27 bits per heavy atom. The quantitative estimate of drug-likeness (QED) is 0.856. The molecule has 0 amide bonds. The molecule has 2 N–H and O–H groups in total. The Labute approximate surface area is 94.2 Å². The zero-order valence-corrected chi connectivity index (χ0v) is 9.10. The lowest BCUT2D eigenvalue weighted by Gasteiger charge is -2.03. The van der Waals surface area contributed by atoms with Crippen molar-refractivity contribution in [3.05, 3.63) is 38.3 Å². The van der Waals surface area contributed by atoms with E-state index in [0.717, 1.165) is 17.0 Å². The molecule has 0 unspecified atom stereocenters. The summed E-state index contributed by atoms with van der Waals surface area (Å²) >= 11 is 6.91. The first-order valence-corrected chi connectivity index (χ1v) is 5.38. The molecular formula is C8H7ClN4OS. The maximum Gasteiger partial charge on any atom is 0.304 e. The summed E-state index contributed by atoms with van der Waals surface area (Å²) in [4.78, 5) is 21.3. The van der Waals surface area contributed by atoms with Crippen molar-refractivity contribution in [1.82, 2.24) is 15.0 Å². The topological polar surface area (TPSA) is 70.7 Å². The third-order valence-corrected chi connectivity index (χ3v) is 2.67. The number of H-pyrrole nitrogens is 1. The molecule has 7 heteroatoms. The van der Waals surface area contributed by atoms with Crippen LogP contribution in [-0.4, -0.2) is 15.0 Å². The van der Waals surface area contributed by atoms with Gasteiger partial charge in [-0.1, -0.05) is 22.9 Å². The normalized spacial score (nSPS) is 10.2. The van der Waals surface area contributed by atoms with Gasteiger partial charge in [-0.25, -0.2) is 9.97 Å². The molecular weight excluding hydrogens is 236 g/mol. The Hall–Kier alpha value is -1.40. The molecule has 0 saturated carbocycles. The highest BCUT2D eigenvalue weighted by molar-refractivity contribution is 7.07. The van der Waals surface area contributed by atoms with Gasteiger partial charge in [0, 0.05) is 23.5 Å². The van der Waals surface area contributed by atoms with E-state index in [0.29, 0.717) is 17.5 Å². The van der Waals surface area contributed by atoms with Gasteiger partial charge < -0.3 is 10.3 Å². The molecule has 0 aliphatic rings. The van der Waals surface area contributed by atoms with Crippen molar-refractivity contribution in [2.45, 2.75) is 6.54 Å². The lowest BCUT2D eigenvalue weighted by atomic mass is 10.5. The summed E-state index contributed by atoms with van der Waals surface area (Å²) in [6.07, 6.45) is 3.06. The molecule has 0 fully saturated rings. The molecule has 0 aliphatic heterocycles. The van der Waals surface area contributed by atoms with Crippen molar-refractivity contribution < 1.29 is 0 Å². The van der Waals surface area contributed by atoms with Crippen LogP contribution in [0.2, 0.25) is 5.15 Å². The Morgan fingerprint density at radius 1 is 1.47 bits per heavy atom. The average molecular weight is 243 g/mol. The lowest BCUT2D eigenvalue weighted by molar-refractivity contribution is 1.03. The van der Waals surface area contributed by atoms with E-state index in [1.807, 2.05) is 0 Å². The predicted molar refractivity (Wildman–Crippen MR) is 59.3 cm³/mol. The summed E-state index contributed by atoms with van der Waals surface area (Å²) < 4.78 is 0. The first kappa shape index (κ1) is 10.1. The highest BCUT2D eigenvalue weighted by Gasteiger charge is 2.02. The summed E-state index contributed by atoms with van der Waals surface area (Å²) in [5.74, 6) is 0.506. The van der Waals surface area contributed by atoms with Gasteiger partial charge in [0.15, 0.2) is 11.0 Å². The molecule has 5 nitrogen and oxygen atoms in total. The second-order valence-electron chi connectivity index (χ2n) is 2.72. The van der Waals surface area contributed by atoms with Gasteiger partial charge in [0.2, 0.25) is 0 Å². The van der Waals surface area contributed by atoms with Crippen LogP contribution < -0.4 is 10.2 Å². The number of anilines is 1. The smallest absolute Gasteiger partial charge is 0.304 e. The number of rotatable bonds is 3. The molecule has 0 saturated heterocycles. The number of hydrogen-bond donors (Lipinski definition) is 2. The van der Waals surface area contributed by atoms with Crippen molar-refractivity contribution in [3.8, 4) is 0 Å². The van der Waals surface area contributed by atoms with Crippen LogP contribution in [0.1, 0.15) is 5.69 Å². The van der Waals surface area contributed by atoms with Crippen LogP contribution in [0.25, 0.3) is 0 Å². The van der Waals surface area contributed by atoms with Crippen molar-refractivity contribution in [1.29, 1.82) is 0 Å². The highest BCUT2D eigenvalue weighted by Crippen LogP contribution is 2.14. The molecule has 0 bridgehead atoms. The fraction of sp³-hybridized carbons (Fsp3) is 0.125. The maximum atomic E-state index is 10.8. The number of halogens is 1. The largest absolute Gasteiger partial charge is 0.362 e. The summed E-state index contributed by atoms with van der Waals surface area (Å²) in [7, 11) is 0. The summed E-state index contributed by atoms with van der Waals surface area (Å²) in [5, 5.41) is 5.04. The van der Waals surface area contributed by atoms with Crippen LogP contribution in [0.5, 0.6) is 0 Å². The van der Waals surface area contributed by atoms with E-state index in [1.165, 1.54) is 6.20 Å². The van der Waals surface area contributed by atoms with E-state index in [1.54, 1.807) is 11.6 Å². The van der Waals surface area contributed by atoms with Gasteiger partial charge in [-0.3, -0.25) is 4.79 Å². The van der Waals surface area contributed by atoms with Gasteiger partial charge in [-0.15, -0.1) is 0 Å². The minimum absolute atomic E-state index is 0.0722. The fourth-order valence-electron chi connectivity index (χ4n) is 1.02. The molecule has 15 heavy (non-hydrogen) atoms. The van der Waals surface area contributed by atoms with E-state index in [-0.39, 0.29) is 4.87 Å². The second kappa shape index (κ2) is 4.41. The monoisotopic (exact) mass is 242 g/mol. The molecule has 0 aliphatic carbocycles. The molecule has 78 valence electrons. The van der Waals surface area contributed by atoms with Crippen LogP contribution >= 0.6 is 22.9 Å². The molecule has 2 aromatic heterocycles. The molecule has 0 aromatic carbocycles. The minimum atomic E-state index is -0.0722. The number of aromatic nitrogens is 3. The third kappa shape index (κ3) is 2.54. The van der Waals surface area contributed by atoms with E-state index >= 15 is 0 Å². The van der Waals surface area contributed by atoms with E-state index in [9.17, 15) is 4.79 Å². The van der Waals surface area contributed by atoms with E-state index < -0.39 is 0 Å². The molecule has 0 atom stereocenters. The second-order valence-corrected chi connectivity index (χ2v) is 3.92. The average Bonchev–Trinajstić information content (AvgIpc) is 2.63. The Bertz CT molecular complexity index is 509. The molecule has 0 radical (unpaired) electrons. The SMILES string of the molecule is O=c1[nH]c(CNc2nccnc2Cl)cs1. The van der Waals surface area contributed by atoms with Gasteiger partial charge in [0.25, 0.3) is 0 Å². The van der Waals surface area contributed by atoms with E-state index in [4.69, 9.17) is 11.6 Å². The van der Waals surface area contributed by atoms with Crippen LogP contribution in [0, 0.1) is 0 Å².